The van der Waals surface area contributed by atoms with E-state index >= 15 is 0 Å². The molecular weight excluding hydrogens is 315 g/mol. The Labute approximate surface area is 140 Å². The Morgan fingerprint density at radius 3 is 2.17 bits per heavy atom. The summed E-state index contributed by atoms with van der Waals surface area (Å²) in [6.07, 6.45) is 8.52. The summed E-state index contributed by atoms with van der Waals surface area (Å²) in [4.78, 5) is 12.2. The van der Waals surface area contributed by atoms with Gasteiger partial charge in [0.25, 0.3) is 0 Å². The molecule has 1 saturated carbocycles. The van der Waals surface area contributed by atoms with E-state index in [0.717, 1.165) is 12.8 Å². The van der Waals surface area contributed by atoms with Crippen LogP contribution in [0.25, 0.3) is 0 Å². The number of rotatable bonds is 10. The van der Waals surface area contributed by atoms with Gasteiger partial charge in [0.05, 0.1) is 26.0 Å². The highest BCUT2D eigenvalue weighted by atomic mass is 31.2. The van der Waals surface area contributed by atoms with E-state index in [-0.39, 0.29) is 12.1 Å². The molecule has 134 valence electrons. The molecule has 6 heteroatoms. The first-order valence-electron chi connectivity index (χ1n) is 8.78. The fourth-order valence-corrected chi connectivity index (χ4v) is 4.45. The summed E-state index contributed by atoms with van der Waals surface area (Å²) in [7, 11) is -3.17. The monoisotopic (exact) mass is 346 g/mol. The highest BCUT2D eigenvalue weighted by Gasteiger charge is 2.25. The van der Waals surface area contributed by atoms with Gasteiger partial charge in [-0.3, -0.25) is 4.57 Å². The Hall–Kier alpha value is -0.640. The molecule has 0 aromatic rings. The Morgan fingerprint density at radius 2 is 1.65 bits per heavy atom. The van der Waals surface area contributed by atoms with E-state index in [1.54, 1.807) is 26.8 Å². The van der Waals surface area contributed by atoms with Crippen LogP contribution in [-0.2, 0) is 23.1 Å². The van der Waals surface area contributed by atoms with Gasteiger partial charge in [0.2, 0.25) is 0 Å². The molecule has 5 nitrogen and oxygen atoms in total. The largest absolute Gasteiger partial charge is 0.463 e. The second-order valence-corrected chi connectivity index (χ2v) is 7.89. The summed E-state index contributed by atoms with van der Waals surface area (Å²) < 4.78 is 28.3. The molecule has 0 bridgehead atoms. The molecule has 23 heavy (non-hydrogen) atoms. The average molecular weight is 346 g/mol. The van der Waals surface area contributed by atoms with E-state index in [1.807, 2.05) is 0 Å². The van der Waals surface area contributed by atoms with Crippen molar-refractivity contribution in [2.24, 2.45) is 5.92 Å². The Kier molecular flexibility index (Phi) is 9.77. The summed E-state index contributed by atoms with van der Waals surface area (Å²) in [5.74, 6) is 0.204. The van der Waals surface area contributed by atoms with Gasteiger partial charge >= 0.3 is 13.6 Å². The number of esters is 1. The van der Waals surface area contributed by atoms with Gasteiger partial charge in [0.1, 0.15) is 0 Å². The van der Waals surface area contributed by atoms with Crippen LogP contribution in [0.5, 0.6) is 0 Å². The van der Waals surface area contributed by atoms with Crippen molar-refractivity contribution in [3.8, 4) is 0 Å². The zero-order valence-corrected chi connectivity index (χ0v) is 15.6. The number of carbonyl (C=O) groups is 1. The van der Waals surface area contributed by atoms with Crippen LogP contribution < -0.4 is 0 Å². The highest BCUT2D eigenvalue weighted by Crippen LogP contribution is 2.48. The molecule has 0 saturated heterocycles. The smallest absolute Gasteiger partial charge is 0.334 e. The van der Waals surface area contributed by atoms with Crippen LogP contribution in [-0.4, -0.2) is 32.0 Å². The molecule has 0 amide bonds. The van der Waals surface area contributed by atoms with Crippen molar-refractivity contribution in [3.05, 3.63) is 11.6 Å². The van der Waals surface area contributed by atoms with Gasteiger partial charge in [0, 0.05) is 5.57 Å². The third-order valence-corrected chi connectivity index (χ3v) is 5.92. The minimum Gasteiger partial charge on any atom is -0.463 e. The molecule has 1 aliphatic rings. The van der Waals surface area contributed by atoms with Crippen molar-refractivity contribution < 1.29 is 23.1 Å². The molecule has 0 unspecified atom stereocenters. The zero-order valence-electron chi connectivity index (χ0n) is 14.7. The molecule has 1 rings (SSSR count). The van der Waals surface area contributed by atoms with Crippen molar-refractivity contribution in [2.45, 2.75) is 59.3 Å². The third kappa shape index (κ3) is 7.65. The van der Waals surface area contributed by atoms with E-state index in [0.29, 0.717) is 37.7 Å². The molecule has 0 radical (unpaired) electrons. The second-order valence-electron chi connectivity index (χ2n) is 5.79. The number of hydrogen-bond acceptors (Lipinski definition) is 5. The first kappa shape index (κ1) is 20.4. The topological polar surface area (TPSA) is 61.8 Å². The normalized spacial score (nSPS) is 17.3. The zero-order chi connectivity index (χ0) is 17.1. The van der Waals surface area contributed by atoms with Crippen LogP contribution >= 0.6 is 7.60 Å². The summed E-state index contributed by atoms with van der Waals surface area (Å²) in [5, 5.41) is 0. The fourth-order valence-electron chi connectivity index (χ4n) is 2.93. The molecule has 1 aliphatic carbocycles. The van der Waals surface area contributed by atoms with E-state index in [1.165, 1.54) is 19.3 Å². The highest BCUT2D eigenvalue weighted by molar-refractivity contribution is 7.54. The van der Waals surface area contributed by atoms with Crippen LogP contribution in [0.4, 0.5) is 0 Å². The molecule has 0 spiro atoms. The van der Waals surface area contributed by atoms with Crippen LogP contribution in [0, 0.1) is 5.92 Å². The molecule has 0 N–H and O–H groups in total. The van der Waals surface area contributed by atoms with Gasteiger partial charge in [-0.15, -0.1) is 0 Å². The van der Waals surface area contributed by atoms with E-state index in [2.05, 4.69) is 0 Å². The minimum atomic E-state index is -3.17. The summed E-state index contributed by atoms with van der Waals surface area (Å²) in [6, 6.07) is 0. The number of allylic oxidation sites excluding steroid dienone is 1. The predicted molar refractivity (Wildman–Crippen MR) is 91.6 cm³/mol. The van der Waals surface area contributed by atoms with Crippen LogP contribution in [0.15, 0.2) is 11.6 Å². The minimum absolute atomic E-state index is 0.121. The Bertz CT molecular complexity index is 417. The number of ether oxygens (including phenoxy) is 1. The fraction of sp³-hybridized carbons (Fsp3) is 0.824. The summed E-state index contributed by atoms with van der Waals surface area (Å²) in [6.45, 7) is 6.34. The Morgan fingerprint density at radius 1 is 1.04 bits per heavy atom. The molecule has 1 fully saturated rings. The Balaban J connectivity index is 2.79. The maximum absolute atomic E-state index is 12.5. The number of hydrogen-bond donors (Lipinski definition) is 0. The van der Waals surface area contributed by atoms with Gasteiger partial charge in [-0.25, -0.2) is 4.79 Å². The van der Waals surface area contributed by atoms with Crippen LogP contribution in [0.1, 0.15) is 59.3 Å². The number of carbonyl (C=O) groups excluding carboxylic acids is 1. The second kappa shape index (κ2) is 11.0. The van der Waals surface area contributed by atoms with Crippen molar-refractivity contribution in [3.63, 3.8) is 0 Å². The quantitative estimate of drug-likeness (QED) is 0.326. The lowest BCUT2D eigenvalue weighted by atomic mass is 9.84. The maximum atomic E-state index is 12.5. The molecule has 0 atom stereocenters. The molecule has 0 aromatic heterocycles. The van der Waals surface area contributed by atoms with Gasteiger partial charge in [-0.1, -0.05) is 38.2 Å². The van der Waals surface area contributed by atoms with Crippen molar-refractivity contribution >= 4 is 13.6 Å². The first-order chi connectivity index (χ1) is 11.0. The molecule has 0 aliphatic heterocycles. The van der Waals surface area contributed by atoms with Gasteiger partial charge in [-0.2, -0.15) is 0 Å². The van der Waals surface area contributed by atoms with E-state index < -0.39 is 7.60 Å². The summed E-state index contributed by atoms with van der Waals surface area (Å²) >= 11 is 0. The first-order valence-corrected chi connectivity index (χ1v) is 10.5. The third-order valence-electron chi connectivity index (χ3n) is 3.98. The van der Waals surface area contributed by atoms with Gasteiger partial charge in [-0.05, 0) is 33.1 Å². The van der Waals surface area contributed by atoms with Crippen molar-refractivity contribution in [1.29, 1.82) is 0 Å². The van der Waals surface area contributed by atoms with Gasteiger partial charge < -0.3 is 13.8 Å². The maximum Gasteiger partial charge on any atom is 0.334 e. The standard InChI is InChI=1S/C17H31O5P/c1-4-20-17(18)16(14-15-10-8-7-9-11-15)12-13-23(19,21-5-2)22-6-3/h12,15H,4-11,13-14H2,1-3H3/b16-12+. The SMILES string of the molecule is CCOC(=O)/C(=C/CP(=O)(OCC)OCC)CC1CCCCC1. The van der Waals surface area contributed by atoms with E-state index in [9.17, 15) is 9.36 Å². The lowest BCUT2D eigenvalue weighted by Gasteiger charge is -2.22. The molecule has 0 aromatic carbocycles. The lowest BCUT2D eigenvalue weighted by molar-refractivity contribution is -0.138. The van der Waals surface area contributed by atoms with Crippen molar-refractivity contribution in [1.82, 2.24) is 0 Å². The summed E-state index contributed by atoms with van der Waals surface area (Å²) in [5.41, 5.74) is 0.610. The van der Waals surface area contributed by atoms with E-state index in [4.69, 9.17) is 13.8 Å². The average Bonchev–Trinajstić information content (AvgIpc) is 2.53. The predicted octanol–water partition coefficient (Wildman–Crippen LogP) is 4.71. The van der Waals surface area contributed by atoms with Crippen LogP contribution in [0.2, 0.25) is 0 Å². The lowest BCUT2D eigenvalue weighted by Crippen LogP contribution is -2.15. The van der Waals surface area contributed by atoms with Crippen molar-refractivity contribution in [2.75, 3.05) is 26.0 Å². The molecular formula is C17H31O5P. The van der Waals surface area contributed by atoms with Gasteiger partial charge in [0.15, 0.2) is 0 Å². The molecule has 0 heterocycles. The van der Waals surface area contributed by atoms with Crippen LogP contribution in [0.3, 0.4) is 0 Å².